The van der Waals surface area contributed by atoms with Crippen molar-refractivity contribution in [1.82, 2.24) is 19.7 Å². The highest BCUT2D eigenvalue weighted by atomic mass is 16.3. The molecule has 0 radical (unpaired) electrons. The molecule has 24 heavy (non-hydrogen) atoms. The number of carbonyl (C=O) groups is 1. The highest BCUT2D eigenvalue weighted by Crippen LogP contribution is 2.17. The predicted molar refractivity (Wildman–Crippen MR) is 89.1 cm³/mol. The molecule has 2 aromatic heterocycles. The van der Waals surface area contributed by atoms with E-state index in [1.165, 1.54) is 4.68 Å². The number of carbonyl (C=O) groups excluding carboxylic acids is 1. The minimum Gasteiger partial charge on any atom is -0.394 e. The molecule has 8 nitrogen and oxygen atoms in total. The number of rotatable bonds is 4. The van der Waals surface area contributed by atoms with Crippen molar-refractivity contribution >= 4 is 11.7 Å². The summed E-state index contributed by atoms with van der Waals surface area (Å²) in [4.78, 5) is 32.6. The van der Waals surface area contributed by atoms with Gasteiger partial charge < -0.3 is 14.9 Å². The number of fused-ring (bicyclic) bond motifs is 1. The van der Waals surface area contributed by atoms with Crippen molar-refractivity contribution < 1.29 is 9.90 Å². The number of hydrogen-bond acceptors (Lipinski definition) is 5. The number of nitrogens with one attached hydrogen (secondary N) is 1. The van der Waals surface area contributed by atoms with E-state index in [9.17, 15) is 9.59 Å². The molecule has 0 saturated carbocycles. The lowest BCUT2D eigenvalue weighted by molar-refractivity contribution is 0.0731. The predicted octanol–water partition coefficient (Wildman–Crippen LogP) is -0.172. The normalized spacial score (nSPS) is 13.7. The van der Waals surface area contributed by atoms with Gasteiger partial charge in [-0.2, -0.15) is 0 Å². The van der Waals surface area contributed by atoms with Crippen molar-refractivity contribution in [1.29, 1.82) is 0 Å². The van der Waals surface area contributed by atoms with Crippen molar-refractivity contribution in [3.05, 3.63) is 45.5 Å². The Hall–Kier alpha value is -2.61. The molecule has 0 aliphatic carbocycles. The number of H-pyrrole nitrogens is 1. The zero-order valence-electron chi connectivity index (χ0n) is 13.8. The van der Waals surface area contributed by atoms with Gasteiger partial charge in [-0.25, -0.2) is 4.98 Å². The molecule has 0 atom stereocenters. The van der Waals surface area contributed by atoms with Crippen LogP contribution in [0.4, 0.5) is 5.82 Å². The number of amides is 1. The first-order valence-corrected chi connectivity index (χ1v) is 7.85. The summed E-state index contributed by atoms with van der Waals surface area (Å²) in [5.74, 6) is 0.687. The molecule has 1 amide bonds. The van der Waals surface area contributed by atoms with E-state index in [0.717, 1.165) is 11.5 Å². The second-order valence-corrected chi connectivity index (χ2v) is 6.03. The average Bonchev–Trinajstić information content (AvgIpc) is 2.90. The number of aliphatic hydroxyl groups is 1. The smallest absolute Gasteiger partial charge is 0.270 e. The molecule has 1 aliphatic heterocycles. The number of hydrogen-bond donors (Lipinski definition) is 2. The Morgan fingerprint density at radius 3 is 2.83 bits per heavy atom. The summed E-state index contributed by atoms with van der Waals surface area (Å²) < 4.78 is 1.39. The van der Waals surface area contributed by atoms with E-state index in [4.69, 9.17) is 5.11 Å². The topological polar surface area (TPSA) is 94.5 Å². The summed E-state index contributed by atoms with van der Waals surface area (Å²) >= 11 is 0. The summed E-state index contributed by atoms with van der Waals surface area (Å²) in [7, 11) is 3.78. The molecule has 0 fully saturated rings. The van der Waals surface area contributed by atoms with Gasteiger partial charge in [0.15, 0.2) is 0 Å². The van der Waals surface area contributed by atoms with Gasteiger partial charge in [0.1, 0.15) is 5.82 Å². The van der Waals surface area contributed by atoms with E-state index in [1.807, 2.05) is 25.1 Å². The van der Waals surface area contributed by atoms with Gasteiger partial charge in [0.05, 0.1) is 31.0 Å². The van der Waals surface area contributed by atoms with Crippen molar-refractivity contribution in [2.75, 3.05) is 32.1 Å². The number of aromatic nitrogens is 3. The Bertz CT molecular complexity index is 791. The summed E-state index contributed by atoms with van der Waals surface area (Å²) in [5, 5.41) is 12.0. The Morgan fingerprint density at radius 2 is 2.21 bits per heavy atom. The molecule has 128 valence electrons. The van der Waals surface area contributed by atoms with Gasteiger partial charge in [0.25, 0.3) is 11.5 Å². The van der Waals surface area contributed by atoms with Crippen molar-refractivity contribution in [2.24, 2.45) is 0 Å². The standard InChI is InChI=1S/C16H21N5O3/c1-19(2)14-4-3-11(9-17-14)15(23)20-6-5-12-13(10-20)18-21(7-8-22)16(12)24/h3-4,9,18,22H,5-8,10H2,1-2H3. The lowest BCUT2D eigenvalue weighted by atomic mass is 10.1. The number of pyridine rings is 1. The molecule has 0 spiro atoms. The molecule has 2 N–H and O–H groups in total. The number of aliphatic hydroxyl groups excluding tert-OH is 1. The van der Waals surface area contributed by atoms with E-state index >= 15 is 0 Å². The Morgan fingerprint density at radius 1 is 1.42 bits per heavy atom. The van der Waals surface area contributed by atoms with E-state index in [0.29, 0.717) is 30.6 Å². The van der Waals surface area contributed by atoms with Crippen LogP contribution in [0.1, 0.15) is 21.6 Å². The van der Waals surface area contributed by atoms with Crippen LogP contribution in [0.2, 0.25) is 0 Å². The number of aromatic amines is 1. The fourth-order valence-corrected chi connectivity index (χ4v) is 2.87. The van der Waals surface area contributed by atoms with Gasteiger partial charge in [0.2, 0.25) is 0 Å². The van der Waals surface area contributed by atoms with E-state index in [1.54, 1.807) is 17.2 Å². The van der Waals surface area contributed by atoms with Gasteiger partial charge in [-0.3, -0.25) is 19.4 Å². The monoisotopic (exact) mass is 331 g/mol. The zero-order chi connectivity index (χ0) is 17.3. The molecule has 2 aromatic rings. The third-order valence-corrected chi connectivity index (χ3v) is 4.18. The fourth-order valence-electron chi connectivity index (χ4n) is 2.87. The van der Waals surface area contributed by atoms with Gasteiger partial charge in [-0.05, 0) is 18.6 Å². The van der Waals surface area contributed by atoms with Gasteiger partial charge >= 0.3 is 0 Å². The first kappa shape index (κ1) is 16.3. The minimum atomic E-state index is -0.108. The summed E-state index contributed by atoms with van der Waals surface area (Å²) in [6.07, 6.45) is 2.09. The first-order valence-electron chi connectivity index (χ1n) is 7.85. The maximum Gasteiger partial charge on any atom is 0.270 e. The molecule has 0 bridgehead atoms. The molecular formula is C16H21N5O3. The average molecular weight is 331 g/mol. The van der Waals surface area contributed by atoms with E-state index in [2.05, 4.69) is 10.1 Å². The molecule has 0 saturated heterocycles. The van der Waals surface area contributed by atoms with Crippen LogP contribution < -0.4 is 10.5 Å². The number of anilines is 1. The Labute approximate surface area is 139 Å². The summed E-state index contributed by atoms with van der Waals surface area (Å²) in [5.41, 5.74) is 1.86. The van der Waals surface area contributed by atoms with Crippen LogP contribution >= 0.6 is 0 Å². The maximum absolute atomic E-state index is 12.6. The van der Waals surface area contributed by atoms with E-state index in [-0.39, 0.29) is 24.6 Å². The summed E-state index contributed by atoms with van der Waals surface area (Å²) in [6.45, 7) is 0.978. The fraction of sp³-hybridized carbons (Fsp3) is 0.438. The largest absolute Gasteiger partial charge is 0.394 e. The molecular weight excluding hydrogens is 310 g/mol. The number of nitrogens with zero attached hydrogens (tertiary/aromatic N) is 4. The van der Waals surface area contributed by atoms with Crippen molar-refractivity contribution in [3.8, 4) is 0 Å². The molecule has 3 heterocycles. The van der Waals surface area contributed by atoms with E-state index < -0.39 is 0 Å². The third-order valence-electron chi connectivity index (χ3n) is 4.18. The zero-order valence-corrected chi connectivity index (χ0v) is 13.8. The first-order chi connectivity index (χ1) is 11.5. The summed E-state index contributed by atoms with van der Waals surface area (Å²) in [6, 6.07) is 3.57. The molecule has 0 unspecified atom stereocenters. The van der Waals surface area contributed by atoms with Crippen LogP contribution in [-0.4, -0.2) is 57.9 Å². The second kappa shape index (κ2) is 6.48. The third kappa shape index (κ3) is 2.92. The van der Waals surface area contributed by atoms with Gasteiger partial charge in [-0.1, -0.05) is 0 Å². The maximum atomic E-state index is 12.6. The van der Waals surface area contributed by atoms with Crippen LogP contribution in [0.15, 0.2) is 23.1 Å². The van der Waals surface area contributed by atoms with Gasteiger partial charge in [0, 0.05) is 32.4 Å². The molecule has 8 heteroatoms. The van der Waals surface area contributed by atoms with Crippen LogP contribution in [0.25, 0.3) is 0 Å². The van der Waals surface area contributed by atoms with Crippen LogP contribution in [0.5, 0.6) is 0 Å². The molecule has 1 aliphatic rings. The van der Waals surface area contributed by atoms with Crippen molar-refractivity contribution in [2.45, 2.75) is 19.5 Å². The second-order valence-electron chi connectivity index (χ2n) is 6.03. The van der Waals surface area contributed by atoms with Crippen LogP contribution in [-0.2, 0) is 19.5 Å². The minimum absolute atomic E-state index is 0.103. The highest BCUT2D eigenvalue weighted by Gasteiger charge is 2.26. The van der Waals surface area contributed by atoms with Gasteiger partial charge in [-0.15, -0.1) is 0 Å². The highest BCUT2D eigenvalue weighted by molar-refractivity contribution is 5.94. The molecule has 3 rings (SSSR count). The lowest BCUT2D eigenvalue weighted by Gasteiger charge is -2.26. The molecule has 0 aromatic carbocycles. The quantitative estimate of drug-likeness (QED) is 0.811. The van der Waals surface area contributed by atoms with Crippen LogP contribution in [0, 0.1) is 0 Å². The lowest BCUT2D eigenvalue weighted by Crippen LogP contribution is -2.37. The van der Waals surface area contributed by atoms with Crippen molar-refractivity contribution in [3.63, 3.8) is 0 Å². The SMILES string of the molecule is CN(C)c1ccc(C(=O)N2CCc3c([nH]n(CCO)c3=O)C2)cn1. The Balaban J connectivity index is 1.78. The Kier molecular flexibility index (Phi) is 4.39. The van der Waals surface area contributed by atoms with Crippen LogP contribution in [0.3, 0.4) is 0 Å².